The molecule has 186 valence electrons. The molecule has 1 aromatic rings. The predicted octanol–water partition coefficient (Wildman–Crippen LogP) is 2.47. The number of likely N-dealkylation sites (tertiary alicyclic amines) is 1. The molecule has 0 aliphatic carbocycles. The number of carbonyl (C=O) groups is 3. The number of aliphatic hydroxyl groups is 1. The maximum absolute atomic E-state index is 13.9. The summed E-state index contributed by atoms with van der Waals surface area (Å²) in [6.45, 7) is 6.96. The molecule has 3 saturated heterocycles. The van der Waals surface area contributed by atoms with Gasteiger partial charge in [0.05, 0.1) is 16.6 Å². The van der Waals surface area contributed by atoms with Crippen LogP contribution in [0.15, 0.2) is 30.3 Å². The molecule has 3 heterocycles. The van der Waals surface area contributed by atoms with Gasteiger partial charge in [0.25, 0.3) is 0 Å². The lowest BCUT2D eigenvalue weighted by atomic mass is 9.66. The summed E-state index contributed by atoms with van der Waals surface area (Å²) < 4.78 is -0.934. The molecule has 3 aliphatic heterocycles. The second-order valence-corrected chi connectivity index (χ2v) is 12.3. The summed E-state index contributed by atoms with van der Waals surface area (Å²) in [4.78, 5) is 42.6. The Labute approximate surface area is 206 Å². The van der Waals surface area contributed by atoms with Gasteiger partial charge in [-0.2, -0.15) is 0 Å². The first-order valence-corrected chi connectivity index (χ1v) is 13.3. The van der Waals surface area contributed by atoms with Crippen LogP contribution in [0.25, 0.3) is 0 Å². The van der Waals surface area contributed by atoms with Gasteiger partial charge >= 0.3 is 0 Å². The normalized spacial score (nSPS) is 31.7. The van der Waals surface area contributed by atoms with Gasteiger partial charge in [0, 0.05) is 30.5 Å². The van der Waals surface area contributed by atoms with Crippen LogP contribution in [0.2, 0.25) is 0 Å². The molecule has 5 atom stereocenters. The van der Waals surface area contributed by atoms with Crippen molar-refractivity contribution < 1.29 is 19.5 Å². The zero-order valence-electron chi connectivity index (χ0n) is 20.4. The number of nitrogens with one attached hydrogen (secondary N) is 2. The van der Waals surface area contributed by atoms with E-state index in [1.54, 1.807) is 16.7 Å². The van der Waals surface area contributed by atoms with E-state index in [1.807, 2.05) is 44.2 Å². The standard InChI is InChI=1S/C26H37N3O4S/c1-17(2)28-23(32)21-26-13-12-25(3,34-26)19(22(31)27-16-18-10-6-4-7-11-18)20(26)24(33)29(21)14-8-5-9-15-30/h4,6-7,10-11,17,19-21,30H,5,8-9,12-16H2,1-3H3,(H,27,31)(H,28,32)/t19-,20-,21?,25+,26?/m0/s1. The highest BCUT2D eigenvalue weighted by molar-refractivity contribution is 8.02. The van der Waals surface area contributed by atoms with E-state index in [0.717, 1.165) is 31.2 Å². The minimum atomic E-state index is -0.573. The summed E-state index contributed by atoms with van der Waals surface area (Å²) in [5.41, 5.74) is 1.02. The number of carbonyl (C=O) groups excluding carboxylic acids is 3. The zero-order chi connectivity index (χ0) is 24.5. The quantitative estimate of drug-likeness (QED) is 0.441. The number of rotatable bonds is 10. The van der Waals surface area contributed by atoms with Gasteiger partial charge in [-0.3, -0.25) is 14.4 Å². The Bertz CT molecular complexity index is 926. The monoisotopic (exact) mass is 487 g/mol. The molecule has 8 heteroatoms. The van der Waals surface area contributed by atoms with Crippen molar-refractivity contribution in [1.82, 2.24) is 15.5 Å². The lowest BCUT2D eigenvalue weighted by Gasteiger charge is -2.35. The van der Waals surface area contributed by atoms with E-state index in [2.05, 4.69) is 17.6 Å². The zero-order valence-corrected chi connectivity index (χ0v) is 21.2. The summed E-state index contributed by atoms with van der Waals surface area (Å²) in [5.74, 6) is -1.23. The molecule has 0 aromatic heterocycles. The number of amides is 3. The number of nitrogens with zero attached hydrogens (tertiary/aromatic N) is 1. The average molecular weight is 488 g/mol. The smallest absolute Gasteiger partial charge is 0.244 e. The maximum Gasteiger partial charge on any atom is 0.244 e. The SMILES string of the molecule is CC(C)NC(=O)C1N(CCCCCO)C(=O)[C@@H]2[C@@H](C(=O)NCc3ccccc3)[C@@]3(C)CCC12S3. The van der Waals surface area contributed by atoms with Crippen LogP contribution in [0.5, 0.6) is 0 Å². The first-order valence-electron chi connectivity index (χ1n) is 12.5. The highest BCUT2D eigenvalue weighted by Crippen LogP contribution is 2.71. The van der Waals surface area contributed by atoms with Crippen LogP contribution < -0.4 is 10.6 Å². The fourth-order valence-electron chi connectivity index (χ4n) is 6.20. The van der Waals surface area contributed by atoms with Crippen LogP contribution in [0.1, 0.15) is 58.4 Å². The van der Waals surface area contributed by atoms with E-state index in [1.165, 1.54) is 0 Å². The summed E-state index contributed by atoms with van der Waals surface area (Å²) in [6.07, 6.45) is 3.78. The van der Waals surface area contributed by atoms with Gasteiger partial charge in [0.2, 0.25) is 17.7 Å². The van der Waals surface area contributed by atoms with Crippen molar-refractivity contribution in [3.05, 3.63) is 35.9 Å². The molecule has 3 fully saturated rings. The number of hydrogen-bond donors (Lipinski definition) is 3. The van der Waals surface area contributed by atoms with Crippen molar-refractivity contribution >= 4 is 29.5 Å². The molecule has 7 nitrogen and oxygen atoms in total. The maximum atomic E-state index is 13.9. The van der Waals surface area contributed by atoms with Crippen molar-refractivity contribution in [2.75, 3.05) is 13.2 Å². The minimum absolute atomic E-state index is 0.0292. The number of aliphatic hydroxyl groups excluding tert-OH is 1. The van der Waals surface area contributed by atoms with Crippen molar-refractivity contribution in [3.8, 4) is 0 Å². The van der Waals surface area contributed by atoms with Crippen LogP contribution in [-0.2, 0) is 20.9 Å². The molecule has 0 saturated carbocycles. The van der Waals surface area contributed by atoms with Crippen LogP contribution in [-0.4, -0.2) is 62.5 Å². The number of hydrogen-bond acceptors (Lipinski definition) is 5. The van der Waals surface area contributed by atoms with Crippen LogP contribution >= 0.6 is 11.8 Å². The van der Waals surface area contributed by atoms with Crippen molar-refractivity contribution in [3.63, 3.8) is 0 Å². The van der Waals surface area contributed by atoms with Crippen molar-refractivity contribution in [2.24, 2.45) is 11.8 Å². The van der Waals surface area contributed by atoms with E-state index in [9.17, 15) is 14.4 Å². The summed E-state index contributed by atoms with van der Waals surface area (Å²) >= 11 is 1.70. The number of unbranched alkanes of at least 4 members (excludes halogenated alkanes) is 2. The molecule has 1 spiro atoms. The van der Waals surface area contributed by atoms with E-state index >= 15 is 0 Å². The lowest BCUT2D eigenvalue weighted by Crippen LogP contribution is -2.55. The fraction of sp³-hybridized carbons (Fsp3) is 0.654. The molecule has 4 rings (SSSR count). The Morgan fingerprint density at radius 1 is 1.15 bits per heavy atom. The highest BCUT2D eigenvalue weighted by Gasteiger charge is 2.76. The minimum Gasteiger partial charge on any atom is -0.396 e. The Hall–Kier alpha value is -2.06. The Morgan fingerprint density at radius 3 is 2.56 bits per heavy atom. The van der Waals surface area contributed by atoms with Gasteiger partial charge in [-0.05, 0) is 58.4 Å². The Balaban J connectivity index is 1.60. The largest absolute Gasteiger partial charge is 0.396 e. The Morgan fingerprint density at radius 2 is 1.88 bits per heavy atom. The third-order valence-corrected chi connectivity index (χ3v) is 9.59. The van der Waals surface area contributed by atoms with Gasteiger partial charge in [-0.25, -0.2) is 0 Å². The van der Waals surface area contributed by atoms with Gasteiger partial charge in [-0.15, -0.1) is 11.8 Å². The van der Waals surface area contributed by atoms with E-state index in [4.69, 9.17) is 5.11 Å². The summed E-state index contributed by atoms with van der Waals surface area (Å²) in [7, 11) is 0. The predicted molar refractivity (Wildman–Crippen MR) is 133 cm³/mol. The van der Waals surface area contributed by atoms with E-state index in [-0.39, 0.29) is 35.1 Å². The second-order valence-electron chi connectivity index (χ2n) is 10.4. The number of benzene rings is 1. The van der Waals surface area contributed by atoms with Crippen LogP contribution in [0.4, 0.5) is 0 Å². The first-order chi connectivity index (χ1) is 16.2. The van der Waals surface area contributed by atoms with E-state index < -0.39 is 22.6 Å². The molecular formula is C26H37N3O4S. The van der Waals surface area contributed by atoms with Crippen LogP contribution in [0, 0.1) is 11.8 Å². The first kappa shape index (κ1) is 25.0. The fourth-order valence-corrected chi connectivity index (χ4v) is 8.55. The highest BCUT2D eigenvalue weighted by atomic mass is 32.2. The van der Waals surface area contributed by atoms with Crippen molar-refractivity contribution in [2.45, 2.75) is 81.0 Å². The lowest BCUT2D eigenvalue weighted by molar-refractivity contribution is -0.140. The molecule has 2 bridgehead atoms. The molecule has 3 N–H and O–H groups in total. The van der Waals surface area contributed by atoms with E-state index in [0.29, 0.717) is 19.5 Å². The molecule has 2 unspecified atom stereocenters. The average Bonchev–Trinajstić information content (AvgIpc) is 3.36. The van der Waals surface area contributed by atoms with Gasteiger partial charge in [0.1, 0.15) is 6.04 Å². The van der Waals surface area contributed by atoms with Gasteiger partial charge in [0.15, 0.2) is 0 Å². The van der Waals surface area contributed by atoms with Crippen LogP contribution in [0.3, 0.4) is 0 Å². The molecule has 34 heavy (non-hydrogen) atoms. The van der Waals surface area contributed by atoms with Gasteiger partial charge in [-0.1, -0.05) is 30.3 Å². The molecule has 3 aliphatic rings. The molecule has 3 amide bonds. The topological polar surface area (TPSA) is 98.7 Å². The number of thioether (sulfide) groups is 1. The molecule has 0 radical (unpaired) electrons. The van der Waals surface area contributed by atoms with Crippen molar-refractivity contribution in [1.29, 1.82) is 0 Å². The summed E-state index contributed by atoms with van der Waals surface area (Å²) in [6, 6.07) is 9.17. The van der Waals surface area contributed by atoms with Gasteiger partial charge < -0.3 is 20.6 Å². The molecule has 1 aromatic carbocycles. The third-order valence-electron chi connectivity index (χ3n) is 7.61. The second kappa shape index (κ2) is 9.90. The summed E-state index contributed by atoms with van der Waals surface area (Å²) in [5, 5.41) is 15.3. The Kier molecular flexibility index (Phi) is 7.29. The number of fused-ring (bicyclic) bond motifs is 1. The molecular weight excluding hydrogens is 450 g/mol. The third kappa shape index (κ3) is 4.35.